The van der Waals surface area contributed by atoms with E-state index >= 15 is 0 Å². The molecule has 648 valence electrons. The molecule has 10 fully saturated rings. The number of hydrogen-bond donors (Lipinski definition) is 4. The van der Waals surface area contributed by atoms with Crippen LogP contribution >= 0.6 is 0 Å². The van der Waals surface area contributed by atoms with Gasteiger partial charge in [0.1, 0.15) is 5.60 Å². The number of amides is 5. The zero-order valence-electron chi connectivity index (χ0n) is 74.2. The number of alkyl carbamates (subject to hydrolysis) is 1. The number of Topliss-reactive ketones (excluding diaryl/α,β-unsaturated/α-hetero) is 6. The fourth-order valence-corrected chi connectivity index (χ4v) is 23.3. The molecule has 18 nitrogen and oxygen atoms in total. The predicted octanol–water partition coefficient (Wildman–Crippen LogP) is 17.9. The van der Waals surface area contributed by atoms with E-state index in [-0.39, 0.29) is 95.3 Å². The van der Waals surface area contributed by atoms with Crippen LogP contribution in [0.4, 0.5) is 4.79 Å². The minimum atomic E-state index is -0.653. The van der Waals surface area contributed by atoms with Crippen molar-refractivity contribution >= 4 is 64.4 Å². The molecule has 14 rings (SSSR count). The molecule has 2 aliphatic heterocycles. The molecule has 2 heterocycles. The third-order valence-electron chi connectivity index (χ3n) is 28.8. The summed E-state index contributed by atoms with van der Waals surface area (Å²) in [6, 6.07) is 18.1. The summed E-state index contributed by atoms with van der Waals surface area (Å²) >= 11 is 0. The highest BCUT2D eigenvalue weighted by Gasteiger charge is 2.52. The predicted molar refractivity (Wildman–Crippen MR) is 468 cm³/mol. The number of rotatable bonds is 37. The highest BCUT2D eigenvalue weighted by molar-refractivity contribution is 6.25. The van der Waals surface area contributed by atoms with Crippen LogP contribution < -0.4 is 21.7 Å². The maximum absolute atomic E-state index is 14.8. The summed E-state index contributed by atoms with van der Waals surface area (Å²) in [5.74, 6) is 2.03. The normalized spacial score (nSPS) is 26.9. The molecule has 12 aliphatic rings. The number of carbonyl (C=O) groups excluding carboxylic acids is 11. The van der Waals surface area contributed by atoms with Crippen LogP contribution in [0.25, 0.3) is 0 Å². The number of unbranched alkanes of at least 4 members (excludes halogenated alkanes) is 2. The molecule has 8 bridgehead atoms. The Balaban J connectivity index is 0.000000235. The molecule has 119 heavy (non-hydrogen) atoms. The van der Waals surface area contributed by atoms with Gasteiger partial charge >= 0.3 is 6.09 Å². The van der Waals surface area contributed by atoms with Crippen LogP contribution in [-0.2, 0) is 65.5 Å². The first-order chi connectivity index (χ1) is 56.5. The molecular formula is C101H142N6O12. The van der Waals surface area contributed by atoms with E-state index in [2.05, 4.69) is 22.0 Å². The Bertz CT molecular complexity index is 4170. The zero-order chi connectivity index (χ0) is 85.8. The summed E-state index contributed by atoms with van der Waals surface area (Å²) in [5.41, 5.74) is 13.1. The van der Waals surface area contributed by atoms with Gasteiger partial charge in [-0.25, -0.2) is 4.79 Å². The Labute approximate surface area is 710 Å². The Hall–Kier alpha value is -7.99. The van der Waals surface area contributed by atoms with E-state index in [1.165, 1.54) is 83.5 Å². The van der Waals surface area contributed by atoms with Crippen molar-refractivity contribution in [3.63, 3.8) is 0 Å². The second-order valence-electron chi connectivity index (χ2n) is 40.1. The average molecular weight is 1630 g/mol. The van der Waals surface area contributed by atoms with Crippen molar-refractivity contribution in [3.8, 4) is 0 Å². The summed E-state index contributed by atoms with van der Waals surface area (Å²) in [4.78, 5) is 153. The van der Waals surface area contributed by atoms with Crippen molar-refractivity contribution in [3.05, 3.63) is 141 Å². The van der Waals surface area contributed by atoms with Gasteiger partial charge < -0.3 is 36.2 Å². The van der Waals surface area contributed by atoms with Crippen LogP contribution in [0.15, 0.2) is 130 Å². The van der Waals surface area contributed by atoms with Crippen LogP contribution in [0.3, 0.4) is 0 Å². The number of carbonyl (C=O) groups is 11. The molecule has 2 aromatic carbocycles. The monoisotopic (exact) mass is 1630 g/mol. The number of nitrogens with zero attached hydrogens (tertiary/aromatic N) is 2. The second-order valence-corrected chi connectivity index (χ2v) is 40.1. The molecule has 2 saturated heterocycles. The minimum absolute atomic E-state index is 0.0125. The van der Waals surface area contributed by atoms with E-state index in [1.807, 2.05) is 127 Å². The molecule has 2 aromatic rings. The first kappa shape index (κ1) is 91.7. The summed E-state index contributed by atoms with van der Waals surface area (Å²) in [5, 5.41) is 9.17. The Morgan fingerprint density at radius 1 is 0.471 bits per heavy atom. The van der Waals surface area contributed by atoms with Crippen molar-refractivity contribution in [1.82, 2.24) is 25.8 Å². The van der Waals surface area contributed by atoms with Crippen LogP contribution in [0.2, 0.25) is 0 Å². The largest absolute Gasteiger partial charge is 0.444 e. The Morgan fingerprint density at radius 3 is 1.20 bits per heavy atom. The summed E-state index contributed by atoms with van der Waals surface area (Å²) in [6.45, 7) is 24.4. The molecule has 5 amide bonds. The highest BCUT2D eigenvalue weighted by atomic mass is 16.6. The maximum Gasteiger partial charge on any atom is 0.408 e. The Kier molecular flexibility index (Phi) is 31.5. The molecule has 5 N–H and O–H groups in total. The first-order valence-corrected chi connectivity index (χ1v) is 45.9. The number of nitrogens with one attached hydrogen (secondary N) is 3. The fourth-order valence-electron chi connectivity index (χ4n) is 23.3. The van der Waals surface area contributed by atoms with Crippen LogP contribution in [0.1, 0.15) is 294 Å². The van der Waals surface area contributed by atoms with Gasteiger partial charge in [0.25, 0.3) is 0 Å². The van der Waals surface area contributed by atoms with Gasteiger partial charge in [0.05, 0.1) is 30.0 Å². The van der Waals surface area contributed by atoms with Crippen LogP contribution in [0, 0.1) is 70.0 Å². The smallest absolute Gasteiger partial charge is 0.408 e. The van der Waals surface area contributed by atoms with E-state index in [1.54, 1.807) is 51.3 Å². The quantitative estimate of drug-likeness (QED) is 0.0279. The van der Waals surface area contributed by atoms with Gasteiger partial charge in [0, 0.05) is 100 Å². The van der Waals surface area contributed by atoms with Crippen molar-refractivity contribution in [2.24, 2.45) is 75.7 Å². The third-order valence-corrected chi connectivity index (χ3v) is 28.8. The maximum atomic E-state index is 14.8. The SMILES string of the molecule is CC1=C(C)C(=O)C(CCCC[C@H](CC(=O)[C@@H]2CCCN2C(=O)[C@H](/C=C/[C@@H](N)CCC23CC4CC(CC(C4)C2)C3)Cc2ccccc2)C(=O)NC(C)C)=C(C)C1=O.CC1=C(C)C(=O)C(CCCC[C@H](CC(=O)[C@@H]2CCCN2C(=O)[C@H](/C=C/[C@H](CCC23CC4CC(CC(C4)C2)C3)NC(=O)OC(C)(C)C)Cc2ccccc2)C(=O)NC(C)C)=C(C)C1=O. The summed E-state index contributed by atoms with van der Waals surface area (Å²) in [7, 11) is 0. The van der Waals surface area contributed by atoms with Crippen LogP contribution in [-0.4, -0.2) is 129 Å². The second kappa shape index (κ2) is 40.8. The molecule has 0 radical (unpaired) electrons. The number of hydrogen-bond acceptors (Lipinski definition) is 13. The van der Waals surface area contributed by atoms with Crippen molar-refractivity contribution in [2.45, 2.75) is 337 Å². The molecule has 10 aliphatic carbocycles. The van der Waals surface area contributed by atoms with Crippen molar-refractivity contribution in [1.29, 1.82) is 0 Å². The lowest BCUT2D eigenvalue weighted by Crippen LogP contribution is -2.47. The molecule has 0 spiro atoms. The molecule has 0 unspecified atom stereocenters. The van der Waals surface area contributed by atoms with Crippen LogP contribution in [0.5, 0.6) is 0 Å². The van der Waals surface area contributed by atoms with Gasteiger partial charge in [-0.15, -0.1) is 0 Å². The topological polar surface area (TPSA) is 266 Å². The molecular weight excluding hydrogens is 1490 g/mol. The zero-order valence-corrected chi connectivity index (χ0v) is 74.2. The van der Waals surface area contributed by atoms with Gasteiger partial charge in [-0.2, -0.15) is 0 Å². The molecule has 8 saturated carbocycles. The number of likely N-dealkylation sites (tertiary alicyclic amines) is 2. The number of ketones is 6. The van der Waals surface area contributed by atoms with Gasteiger partial charge in [0.2, 0.25) is 23.6 Å². The lowest BCUT2D eigenvalue weighted by molar-refractivity contribution is -0.140. The van der Waals surface area contributed by atoms with E-state index < -0.39 is 47.4 Å². The van der Waals surface area contributed by atoms with Crippen molar-refractivity contribution in [2.75, 3.05) is 13.1 Å². The summed E-state index contributed by atoms with van der Waals surface area (Å²) < 4.78 is 5.73. The van der Waals surface area contributed by atoms with Gasteiger partial charge in [-0.1, -0.05) is 97.8 Å². The van der Waals surface area contributed by atoms with E-state index in [4.69, 9.17) is 10.5 Å². The van der Waals surface area contributed by atoms with Gasteiger partial charge in [0.15, 0.2) is 34.7 Å². The van der Waals surface area contributed by atoms with E-state index in [9.17, 15) is 52.7 Å². The lowest BCUT2D eigenvalue weighted by atomic mass is 9.48. The number of nitrogens with two attached hydrogens (primary N) is 1. The average Bonchev–Trinajstić information content (AvgIpc) is 1.24. The Morgan fingerprint density at radius 2 is 0.832 bits per heavy atom. The summed E-state index contributed by atoms with van der Waals surface area (Å²) in [6.07, 6.45) is 35.7. The number of allylic oxidation sites excluding steroid dienone is 8. The highest BCUT2D eigenvalue weighted by Crippen LogP contribution is 2.63. The van der Waals surface area contributed by atoms with Gasteiger partial charge in [-0.3, -0.25) is 47.9 Å². The molecule has 0 aromatic heterocycles. The number of ether oxygens (including phenoxy) is 1. The third kappa shape index (κ3) is 24.0. The molecule has 8 atom stereocenters. The first-order valence-electron chi connectivity index (χ1n) is 45.9. The van der Waals surface area contributed by atoms with E-state index in [0.29, 0.717) is 152 Å². The standard InChI is InChI=1S/C53H75N3O7.C48H67N3O5/c1-33(2)54-49(60)41(17-12-13-18-44-36(5)47(58)34(3)35(4)48(44)59)29-46(57)45-19-14-24-56(45)50(61)42(28-37-15-10-9-11-16-37)20-21-43(55-51(62)63-52(6,7)8)22-23-53-30-38-25-39(31-53)27-40(26-38)32-53;1-30(2)50-46(55)38(14-9-10-15-41-33(5)44(53)31(3)32(4)45(41)54)26-43(52)42-16-11-21-51(42)47(56)39(25-34-12-7-6-8-13-34)17-18-40(49)19-20-48-27-35-22-36(28-48)24-37(23-35)29-48/h9-11,15-16,20-21,33,38-43,45H,12-14,17-19,22-32H2,1-8H3,(H,54,60)(H,55,62);6-8,12-13,17-18,30,35-40,42H,9-11,14-16,19-29,49H2,1-5H3,(H,50,55)/b21-20+;18-17+/t38?,39?,40?,41-,42-,43-,45+,53?;35?,36?,37?,38-,39-,40-,42+,48?/m11/s1. The van der Waals surface area contributed by atoms with Gasteiger partial charge in [-0.05, 0) is 327 Å². The van der Waals surface area contributed by atoms with Crippen molar-refractivity contribution < 1.29 is 57.5 Å². The van der Waals surface area contributed by atoms with E-state index in [0.717, 1.165) is 72.3 Å². The fraction of sp³-hybridized carbons (Fsp3) is 0.653. The molecule has 18 heteroatoms. The number of benzene rings is 2. The minimum Gasteiger partial charge on any atom is -0.444 e. The lowest BCUT2D eigenvalue weighted by Gasteiger charge is -2.57.